The summed E-state index contributed by atoms with van der Waals surface area (Å²) in [7, 11) is 0. The summed E-state index contributed by atoms with van der Waals surface area (Å²) in [5, 5.41) is 2.69. The third-order valence-corrected chi connectivity index (χ3v) is 3.24. The zero-order valence-corrected chi connectivity index (χ0v) is 12.3. The van der Waals surface area contributed by atoms with Gasteiger partial charge in [0.2, 0.25) is 0 Å². The lowest BCUT2D eigenvalue weighted by molar-refractivity contribution is -0.167. The summed E-state index contributed by atoms with van der Waals surface area (Å²) in [6.07, 6.45) is 1.44. The highest BCUT2D eigenvalue weighted by molar-refractivity contribution is 6.20. The lowest BCUT2D eigenvalue weighted by Gasteiger charge is -2.12. The van der Waals surface area contributed by atoms with Crippen molar-refractivity contribution in [1.29, 1.82) is 0 Å². The van der Waals surface area contributed by atoms with Crippen molar-refractivity contribution in [3.8, 4) is 0 Å². The average Bonchev–Trinajstić information content (AvgIpc) is 2.86. The number of hydrogen-bond donors (Lipinski definition) is 1. The maximum absolute atomic E-state index is 12.0. The maximum Gasteiger partial charge on any atom is 0.352 e. The van der Waals surface area contributed by atoms with Crippen LogP contribution in [-0.4, -0.2) is 40.3 Å². The van der Waals surface area contributed by atoms with E-state index < -0.39 is 30.2 Å². The molecule has 0 fully saturated rings. The molecule has 1 aliphatic heterocycles. The van der Waals surface area contributed by atoms with E-state index in [1.54, 1.807) is 24.3 Å². The number of fused-ring (bicyclic) bond motifs is 1. The predicted octanol–water partition coefficient (Wildman–Crippen LogP) is 0.566. The van der Waals surface area contributed by atoms with Crippen LogP contribution in [0.2, 0.25) is 0 Å². The first kappa shape index (κ1) is 15.3. The molecule has 1 N–H and O–H groups in total. The molecule has 120 valence electrons. The number of imide groups is 1. The number of benzene rings is 1. The average molecular weight is 325 g/mol. The molecule has 1 aliphatic rings. The van der Waals surface area contributed by atoms with E-state index in [1.807, 2.05) is 0 Å². The molecule has 1 aromatic heterocycles. The van der Waals surface area contributed by atoms with Gasteiger partial charge in [-0.25, -0.2) is 4.79 Å². The van der Waals surface area contributed by atoms with Gasteiger partial charge in [-0.3, -0.25) is 19.4 Å². The normalized spacial score (nSPS) is 12.8. The molecule has 8 nitrogen and oxygen atoms in total. The first-order chi connectivity index (χ1) is 11.6. The van der Waals surface area contributed by atoms with Crippen LogP contribution >= 0.6 is 0 Å². The Morgan fingerprint density at radius 1 is 1.00 bits per heavy atom. The van der Waals surface area contributed by atoms with Gasteiger partial charge >= 0.3 is 5.97 Å². The third-order valence-electron chi connectivity index (χ3n) is 3.24. The largest absolute Gasteiger partial charge is 0.352 e. The van der Waals surface area contributed by atoms with E-state index in [4.69, 9.17) is 4.84 Å². The number of hydrogen-bond acceptors (Lipinski definition) is 6. The number of hydroxylamine groups is 2. The third kappa shape index (κ3) is 2.84. The van der Waals surface area contributed by atoms with Gasteiger partial charge in [0.15, 0.2) is 0 Å². The Labute approximate surface area is 136 Å². The molecule has 2 heterocycles. The molecule has 0 bridgehead atoms. The summed E-state index contributed by atoms with van der Waals surface area (Å²) >= 11 is 0. The van der Waals surface area contributed by atoms with E-state index in [0.717, 1.165) is 0 Å². The van der Waals surface area contributed by atoms with Gasteiger partial charge in [0.25, 0.3) is 17.7 Å². The van der Waals surface area contributed by atoms with Crippen molar-refractivity contribution in [2.75, 3.05) is 6.54 Å². The fraction of sp³-hybridized carbons (Fsp3) is 0.0625. The van der Waals surface area contributed by atoms with E-state index in [1.165, 1.54) is 24.4 Å². The van der Waals surface area contributed by atoms with Gasteiger partial charge < -0.3 is 10.2 Å². The Bertz CT molecular complexity index is 800. The molecule has 0 aliphatic carbocycles. The summed E-state index contributed by atoms with van der Waals surface area (Å²) in [6, 6.07) is 10.9. The van der Waals surface area contributed by atoms with E-state index in [-0.39, 0.29) is 16.8 Å². The fourth-order valence-corrected chi connectivity index (χ4v) is 2.12. The number of rotatable bonds is 4. The molecular formula is C16H11N3O5. The van der Waals surface area contributed by atoms with Crippen LogP contribution in [0.5, 0.6) is 0 Å². The Kier molecular flexibility index (Phi) is 4.02. The minimum atomic E-state index is -0.950. The second kappa shape index (κ2) is 6.29. The van der Waals surface area contributed by atoms with Crippen molar-refractivity contribution < 1.29 is 24.0 Å². The number of aromatic nitrogens is 1. The summed E-state index contributed by atoms with van der Waals surface area (Å²) in [4.78, 5) is 56.2. The van der Waals surface area contributed by atoms with Crippen LogP contribution in [-0.2, 0) is 9.63 Å². The van der Waals surface area contributed by atoms with Crippen molar-refractivity contribution in [1.82, 2.24) is 15.4 Å². The SMILES string of the molecule is O=C(CNC(=O)c1ccccn1)ON1C(=O)c2ccccc2C1=O. The first-order valence-electron chi connectivity index (χ1n) is 6.96. The topological polar surface area (TPSA) is 106 Å². The van der Waals surface area contributed by atoms with E-state index in [2.05, 4.69) is 10.3 Å². The molecule has 0 radical (unpaired) electrons. The van der Waals surface area contributed by atoms with E-state index >= 15 is 0 Å². The van der Waals surface area contributed by atoms with Crippen LogP contribution in [0.3, 0.4) is 0 Å². The zero-order chi connectivity index (χ0) is 17.1. The Hall–Kier alpha value is -3.55. The van der Waals surface area contributed by atoms with Gasteiger partial charge in [-0.05, 0) is 24.3 Å². The van der Waals surface area contributed by atoms with Gasteiger partial charge in [-0.15, -0.1) is 0 Å². The molecule has 0 saturated carbocycles. The molecule has 24 heavy (non-hydrogen) atoms. The van der Waals surface area contributed by atoms with Crippen molar-refractivity contribution in [3.63, 3.8) is 0 Å². The smallest absolute Gasteiger partial charge is 0.340 e. The van der Waals surface area contributed by atoms with Gasteiger partial charge in [0.1, 0.15) is 12.2 Å². The van der Waals surface area contributed by atoms with Crippen LogP contribution in [0.1, 0.15) is 31.2 Å². The second-order valence-corrected chi connectivity index (χ2v) is 4.81. The zero-order valence-electron chi connectivity index (χ0n) is 12.3. The Balaban J connectivity index is 1.59. The van der Waals surface area contributed by atoms with Crippen molar-refractivity contribution in [2.24, 2.45) is 0 Å². The van der Waals surface area contributed by atoms with Gasteiger partial charge in [-0.2, -0.15) is 0 Å². The Morgan fingerprint density at radius 2 is 1.62 bits per heavy atom. The van der Waals surface area contributed by atoms with Crippen molar-refractivity contribution in [2.45, 2.75) is 0 Å². The summed E-state index contributed by atoms with van der Waals surface area (Å²) < 4.78 is 0. The molecule has 2 aromatic rings. The summed E-state index contributed by atoms with van der Waals surface area (Å²) in [6.45, 7) is -0.511. The predicted molar refractivity (Wildman–Crippen MR) is 79.6 cm³/mol. The molecule has 0 saturated heterocycles. The highest BCUT2D eigenvalue weighted by Gasteiger charge is 2.38. The monoisotopic (exact) mass is 325 g/mol. The molecule has 0 unspecified atom stereocenters. The maximum atomic E-state index is 12.0. The lowest BCUT2D eigenvalue weighted by atomic mass is 10.1. The van der Waals surface area contributed by atoms with Crippen LogP contribution in [0.4, 0.5) is 0 Å². The van der Waals surface area contributed by atoms with Crippen molar-refractivity contribution in [3.05, 3.63) is 65.5 Å². The van der Waals surface area contributed by atoms with Crippen LogP contribution in [0.15, 0.2) is 48.7 Å². The van der Waals surface area contributed by atoms with Gasteiger partial charge in [-0.1, -0.05) is 23.3 Å². The molecule has 0 atom stereocenters. The minimum Gasteiger partial charge on any atom is -0.340 e. The second-order valence-electron chi connectivity index (χ2n) is 4.81. The first-order valence-corrected chi connectivity index (χ1v) is 6.96. The Morgan fingerprint density at radius 3 is 2.21 bits per heavy atom. The standard InChI is InChI=1S/C16H11N3O5/c20-13(9-18-14(21)12-7-3-4-8-17-12)24-19-15(22)10-5-1-2-6-11(10)16(19)23/h1-8H,9H2,(H,18,21). The molecule has 3 rings (SSSR count). The van der Waals surface area contributed by atoms with E-state index in [9.17, 15) is 19.2 Å². The van der Waals surface area contributed by atoms with Gasteiger partial charge in [0, 0.05) is 6.20 Å². The molecular weight excluding hydrogens is 314 g/mol. The van der Waals surface area contributed by atoms with Crippen LogP contribution < -0.4 is 5.32 Å². The number of amides is 3. The number of pyridine rings is 1. The number of nitrogens with one attached hydrogen (secondary N) is 1. The van der Waals surface area contributed by atoms with Crippen molar-refractivity contribution >= 4 is 23.7 Å². The molecule has 3 amide bonds. The lowest BCUT2D eigenvalue weighted by Crippen LogP contribution is -2.38. The highest BCUT2D eigenvalue weighted by atomic mass is 16.7. The van der Waals surface area contributed by atoms with Gasteiger partial charge in [0.05, 0.1) is 11.1 Å². The highest BCUT2D eigenvalue weighted by Crippen LogP contribution is 2.22. The quantitative estimate of drug-likeness (QED) is 0.824. The van der Waals surface area contributed by atoms with Crippen LogP contribution in [0, 0.1) is 0 Å². The summed E-state index contributed by atoms with van der Waals surface area (Å²) in [5.41, 5.74) is 0.451. The molecule has 1 aromatic carbocycles. The molecule has 8 heteroatoms. The number of carbonyl (C=O) groups excluding carboxylic acids is 4. The minimum absolute atomic E-state index is 0.131. The molecule has 0 spiro atoms. The number of nitrogens with zero attached hydrogens (tertiary/aromatic N) is 2. The summed E-state index contributed by atoms with van der Waals surface area (Å²) in [5.74, 6) is -2.97. The fourth-order valence-electron chi connectivity index (χ4n) is 2.12. The van der Waals surface area contributed by atoms with Crippen LogP contribution in [0.25, 0.3) is 0 Å². The van der Waals surface area contributed by atoms with E-state index in [0.29, 0.717) is 5.06 Å². The number of carbonyl (C=O) groups is 4.